The third kappa shape index (κ3) is 3.52. The van der Waals surface area contributed by atoms with Gasteiger partial charge in [-0.05, 0) is 43.9 Å². The maximum atomic E-state index is 3.77. The number of rotatable bonds is 3. The second-order valence-electron chi connectivity index (χ2n) is 7.41. The SMILES string of the molecule is CCC(C)C1CN(C2CCC(C)CC2C)C(C)CN1. The number of hydrogen-bond donors (Lipinski definition) is 1. The van der Waals surface area contributed by atoms with Crippen LogP contribution in [0.1, 0.15) is 60.3 Å². The highest BCUT2D eigenvalue weighted by atomic mass is 15.3. The van der Waals surface area contributed by atoms with E-state index in [1.54, 1.807) is 0 Å². The van der Waals surface area contributed by atoms with Crippen molar-refractivity contribution in [2.45, 2.75) is 78.4 Å². The van der Waals surface area contributed by atoms with Gasteiger partial charge in [-0.3, -0.25) is 4.90 Å². The molecule has 0 amide bonds. The van der Waals surface area contributed by atoms with E-state index in [-0.39, 0.29) is 0 Å². The van der Waals surface area contributed by atoms with E-state index in [2.05, 4.69) is 44.8 Å². The first-order valence-electron chi connectivity index (χ1n) is 8.52. The van der Waals surface area contributed by atoms with Crippen LogP contribution < -0.4 is 5.32 Å². The van der Waals surface area contributed by atoms with Crippen molar-refractivity contribution in [1.82, 2.24) is 10.2 Å². The molecule has 6 atom stereocenters. The Hall–Kier alpha value is -0.0800. The summed E-state index contributed by atoms with van der Waals surface area (Å²) in [4.78, 5) is 2.84. The van der Waals surface area contributed by atoms with Gasteiger partial charge in [0.15, 0.2) is 0 Å². The first-order valence-corrected chi connectivity index (χ1v) is 8.52. The summed E-state index contributed by atoms with van der Waals surface area (Å²) in [6.07, 6.45) is 5.56. The number of hydrogen-bond acceptors (Lipinski definition) is 2. The molecule has 1 heterocycles. The molecule has 2 rings (SSSR count). The van der Waals surface area contributed by atoms with E-state index in [1.165, 1.54) is 38.8 Å². The van der Waals surface area contributed by atoms with Gasteiger partial charge in [0.25, 0.3) is 0 Å². The van der Waals surface area contributed by atoms with Crippen LogP contribution in [0.25, 0.3) is 0 Å². The molecule has 19 heavy (non-hydrogen) atoms. The van der Waals surface area contributed by atoms with Crippen molar-refractivity contribution >= 4 is 0 Å². The summed E-state index contributed by atoms with van der Waals surface area (Å²) >= 11 is 0. The molecule has 2 fully saturated rings. The van der Waals surface area contributed by atoms with Gasteiger partial charge in [0.2, 0.25) is 0 Å². The highest BCUT2D eigenvalue weighted by Gasteiger charge is 2.36. The van der Waals surface area contributed by atoms with Gasteiger partial charge in [0.1, 0.15) is 0 Å². The molecule has 2 nitrogen and oxygen atoms in total. The minimum absolute atomic E-state index is 0.702. The lowest BCUT2D eigenvalue weighted by atomic mass is 9.78. The summed E-state index contributed by atoms with van der Waals surface area (Å²) in [7, 11) is 0. The van der Waals surface area contributed by atoms with Crippen LogP contribution in [0.3, 0.4) is 0 Å². The Labute approximate surface area is 120 Å². The lowest BCUT2D eigenvalue weighted by molar-refractivity contribution is 0.0235. The Balaban J connectivity index is 2.00. The van der Waals surface area contributed by atoms with E-state index < -0.39 is 0 Å². The molecule has 2 aliphatic rings. The number of nitrogens with zero attached hydrogens (tertiary/aromatic N) is 1. The van der Waals surface area contributed by atoms with Crippen LogP contribution in [0.15, 0.2) is 0 Å². The van der Waals surface area contributed by atoms with Crippen molar-refractivity contribution in [3.63, 3.8) is 0 Å². The van der Waals surface area contributed by atoms with Crippen molar-refractivity contribution in [3.8, 4) is 0 Å². The molecule has 112 valence electrons. The molecule has 0 aromatic carbocycles. The lowest BCUT2D eigenvalue weighted by Gasteiger charge is -2.49. The summed E-state index contributed by atoms with van der Waals surface area (Å²) in [5.41, 5.74) is 0. The Morgan fingerprint density at radius 1 is 1.21 bits per heavy atom. The zero-order valence-corrected chi connectivity index (χ0v) is 13.7. The van der Waals surface area contributed by atoms with E-state index in [9.17, 15) is 0 Å². The Morgan fingerprint density at radius 3 is 2.58 bits per heavy atom. The minimum atomic E-state index is 0.702. The summed E-state index contributed by atoms with van der Waals surface area (Å²) in [5, 5.41) is 3.77. The predicted molar refractivity (Wildman–Crippen MR) is 83.4 cm³/mol. The maximum Gasteiger partial charge on any atom is 0.0221 e. The molecule has 0 radical (unpaired) electrons. The van der Waals surface area contributed by atoms with Crippen molar-refractivity contribution in [2.24, 2.45) is 17.8 Å². The molecule has 2 heteroatoms. The average molecular weight is 266 g/mol. The second kappa shape index (κ2) is 6.58. The molecule has 6 unspecified atom stereocenters. The summed E-state index contributed by atoms with van der Waals surface area (Å²) in [5.74, 6) is 2.62. The van der Waals surface area contributed by atoms with Gasteiger partial charge >= 0.3 is 0 Å². The lowest BCUT2D eigenvalue weighted by Crippen LogP contribution is -2.61. The smallest absolute Gasteiger partial charge is 0.0221 e. The van der Waals surface area contributed by atoms with Gasteiger partial charge in [-0.15, -0.1) is 0 Å². The van der Waals surface area contributed by atoms with E-state index >= 15 is 0 Å². The maximum absolute atomic E-state index is 3.77. The molecular formula is C17H34N2. The van der Waals surface area contributed by atoms with Gasteiger partial charge in [-0.25, -0.2) is 0 Å². The Bertz CT molecular complexity index is 278. The third-order valence-electron chi connectivity index (χ3n) is 5.79. The van der Waals surface area contributed by atoms with Gasteiger partial charge in [0, 0.05) is 31.2 Å². The molecule has 1 saturated heterocycles. The van der Waals surface area contributed by atoms with Crippen LogP contribution >= 0.6 is 0 Å². The van der Waals surface area contributed by atoms with Crippen LogP contribution in [-0.2, 0) is 0 Å². The molecular weight excluding hydrogens is 232 g/mol. The molecule has 1 aliphatic heterocycles. The van der Waals surface area contributed by atoms with Crippen LogP contribution in [0, 0.1) is 17.8 Å². The van der Waals surface area contributed by atoms with E-state index in [0.29, 0.717) is 12.1 Å². The number of nitrogens with one attached hydrogen (secondary N) is 1. The van der Waals surface area contributed by atoms with Crippen LogP contribution in [-0.4, -0.2) is 36.1 Å². The fourth-order valence-corrected chi connectivity index (χ4v) is 4.18. The zero-order chi connectivity index (χ0) is 14.0. The van der Waals surface area contributed by atoms with Crippen LogP contribution in [0.5, 0.6) is 0 Å². The van der Waals surface area contributed by atoms with Gasteiger partial charge < -0.3 is 5.32 Å². The Kier molecular flexibility index (Phi) is 5.30. The zero-order valence-electron chi connectivity index (χ0n) is 13.7. The quantitative estimate of drug-likeness (QED) is 0.841. The van der Waals surface area contributed by atoms with Crippen molar-refractivity contribution in [3.05, 3.63) is 0 Å². The fraction of sp³-hybridized carbons (Fsp3) is 1.00. The summed E-state index contributed by atoms with van der Waals surface area (Å²) in [6.45, 7) is 14.5. The fourth-order valence-electron chi connectivity index (χ4n) is 4.18. The molecule has 0 aromatic heterocycles. The average Bonchev–Trinajstić information content (AvgIpc) is 2.39. The normalized spacial score (nSPS) is 43.1. The van der Waals surface area contributed by atoms with Crippen LogP contribution in [0.2, 0.25) is 0 Å². The second-order valence-corrected chi connectivity index (χ2v) is 7.41. The van der Waals surface area contributed by atoms with Crippen molar-refractivity contribution in [1.29, 1.82) is 0 Å². The standard InChI is InChI=1S/C17H34N2/c1-6-13(3)16-11-19(15(5)10-18-16)17-8-7-12(2)9-14(17)4/h12-18H,6-11H2,1-5H3. The van der Waals surface area contributed by atoms with Crippen LogP contribution in [0.4, 0.5) is 0 Å². The number of piperazine rings is 1. The molecule has 0 bridgehead atoms. The van der Waals surface area contributed by atoms with Crippen molar-refractivity contribution < 1.29 is 0 Å². The van der Waals surface area contributed by atoms with Gasteiger partial charge in [0.05, 0.1) is 0 Å². The minimum Gasteiger partial charge on any atom is -0.311 e. The first-order chi connectivity index (χ1) is 9.02. The summed E-state index contributed by atoms with van der Waals surface area (Å²) < 4.78 is 0. The Morgan fingerprint density at radius 2 is 1.95 bits per heavy atom. The third-order valence-corrected chi connectivity index (χ3v) is 5.79. The van der Waals surface area contributed by atoms with E-state index in [1.807, 2.05) is 0 Å². The molecule has 0 spiro atoms. The predicted octanol–water partition coefficient (Wildman–Crippen LogP) is 3.52. The highest BCUT2D eigenvalue weighted by Crippen LogP contribution is 2.34. The molecule has 1 saturated carbocycles. The molecule has 1 aliphatic carbocycles. The highest BCUT2D eigenvalue weighted by molar-refractivity contribution is 4.93. The van der Waals surface area contributed by atoms with Gasteiger partial charge in [-0.1, -0.05) is 34.1 Å². The van der Waals surface area contributed by atoms with Crippen molar-refractivity contribution in [2.75, 3.05) is 13.1 Å². The topological polar surface area (TPSA) is 15.3 Å². The first kappa shape index (κ1) is 15.3. The van der Waals surface area contributed by atoms with E-state index in [4.69, 9.17) is 0 Å². The largest absolute Gasteiger partial charge is 0.311 e. The van der Waals surface area contributed by atoms with Gasteiger partial charge in [-0.2, -0.15) is 0 Å². The summed E-state index contributed by atoms with van der Waals surface area (Å²) in [6, 6.07) is 2.24. The monoisotopic (exact) mass is 266 g/mol. The molecule has 1 N–H and O–H groups in total. The molecule has 0 aromatic rings. The van der Waals surface area contributed by atoms with E-state index in [0.717, 1.165) is 23.8 Å².